The van der Waals surface area contributed by atoms with Crippen molar-refractivity contribution in [1.29, 1.82) is 0 Å². The Bertz CT molecular complexity index is 776. The monoisotopic (exact) mass is 424 g/mol. The van der Waals surface area contributed by atoms with Crippen LogP contribution in [-0.4, -0.2) is 5.78 Å². The smallest absolute Gasteiger partial charge is 0.161 e. The van der Waals surface area contributed by atoms with Gasteiger partial charge in [0.1, 0.15) is 0 Å². The SMILES string of the molecule is CC.CC(C)CCCCC1CC=C2C3=C(CCC21C)C1(C)C=CC(=O)C(C)(C)C1CC3. The van der Waals surface area contributed by atoms with E-state index in [2.05, 4.69) is 53.7 Å². The molecule has 0 fully saturated rings. The standard InChI is InChI=1S/C28H42O.C2H6/c1-19(2)9-7-8-10-20-11-13-22-21-12-14-24-26(3,4)25(29)16-18-28(24,6)23(21)15-17-27(20,22)5;1-2/h13,16,18-20,24H,7-12,14-15,17H2,1-6H3;1-2H3. The first-order chi connectivity index (χ1) is 14.6. The summed E-state index contributed by atoms with van der Waals surface area (Å²) in [5.41, 5.74) is 5.31. The highest BCUT2D eigenvalue weighted by Gasteiger charge is 2.55. The molecule has 1 heteroatoms. The van der Waals surface area contributed by atoms with E-state index in [1.54, 1.807) is 16.7 Å². The van der Waals surface area contributed by atoms with E-state index in [-0.39, 0.29) is 10.8 Å². The Morgan fingerprint density at radius 3 is 2.45 bits per heavy atom. The largest absolute Gasteiger partial charge is 0.294 e. The second-order valence-corrected chi connectivity index (χ2v) is 11.9. The molecule has 174 valence electrons. The zero-order valence-electron chi connectivity index (χ0n) is 21.7. The lowest BCUT2D eigenvalue weighted by atomic mass is 9.49. The molecule has 4 atom stereocenters. The molecule has 4 unspecified atom stereocenters. The van der Waals surface area contributed by atoms with Gasteiger partial charge in [0.25, 0.3) is 0 Å². The van der Waals surface area contributed by atoms with Crippen LogP contribution in [-0.2, 0) is 4.79 Å². The lowest BCUT2D eigenvalue weighted by molar-refractivity contribution is -0.128. The minimum atomic E-state index is -0.230. The summed E-state index contributed by atoms with van der Waals surface area (Å²) in [7, 11) is 0. The molecular weight excluding hydrogens is 376 g/mol. The van der Waals surface area contributed by atoms with Crippen molar-refractivity contribution in [3.8, 4) is 0 Å². The first-order valence-electron chi connectivity index (χ1n) is 13.3. The average molecular weight is 425 g/mol. The van der Waals surface area contributed by atoms with Crippen LogP contribution in [0, 0.1) is 34.0 Å². The molecule has 0 radical (unpaired) electrons. The van der Waals surface area contributed by atoms with E-state index in [1.165, 1.54) is 51.4 Å². The Labute approximate surface area is 192 Å². The van der Waals surface area contributed by atoms with Crippen LogP contribution in [0.1, 0.15) is 113 Å². The normalized spacial score (nSPS) is 35.8. The van der Waals surface area contributed by atoms with E-state index in [0.717, 1.165) is 18.3 Å². The third-order valence-corrected chi connectivity index (χ3v) is 9.43. The number of hydrogen-bond acceptors (Lipinski definition) is 1. The van der Waals surface area contributed by atoms with Crippen molar-refractivity contribution in [3.63, 3.8) is 0 Å². The summed E-state index contributed by atoms with van der Waals surface area (Å²) in [5.74, 6) is 2.45. The average Bonchev–Trinajstić information content (AvgIpc) is 3.06. The van der Waals surface area contributed by atoms with Gasteiger partial charge in [0.05, 0.1) is 0 Å². The molecule has 0 aromatic carbocycles. The Balaban J connectivity index is 0.00000132. The zero-order chi connectivity index (χ0) is 23.0. The maximum Gasteiger partial charge on any atom is 0.161 e. The topological polar surface area (TPSA) is 17.1 Å². The van der Waals surface area contributed by atoms with Crippen LogP contribution in [0.5, 0.6) is 0 Å². The van der Waals surface area contributed by atoms with E-state index in [9.17, 15) is 4.79 Å². The molecule has 0 N–H and O–H groups in total. The van der Waals surface area contributed by atoms with Crippen LogP contribution in [0.3, 0.4) is 0 Å². The van der Waals surface area contributed by atoms with Gasteiger partial charge in [0.2, 0.25) is 0 Å². The van der Waals surface area contributed by atoms with Crippen molar-refractivity contribution in [2.45, 2.75) is 113 Å². The number of carbonyl (C=O) groups excluding carboxylic acids is 1. The summed E-state index contributed by atoms with van der Waals surface area (Å²) in [5, 5.41) is 0. The number of carbonyl (C=O) groups is 1. The summed E-state index contributed by atoms with van der Waals surface area (Å²) in [6.45, 7) is 18.1. The summed E-state index contributed by atoms with van der Waals surface area (Å²) < 4.78 is 0. The molecule has 0 bridgehead atoms. The van der Waals surface area contributed by atoms with Gasteiger partial charge < -0.3 is 0 Å². The fourth-order valence-corrected chi connectivity index (χ4v) is 7.50. The highest BCUT2D eigenvalue weighted by atomic mass is 16.1. The molecular formula is C30H48O. The number of ketones is 1. The van der Waals surface area contributed by atoms with Gasteiger partial charge in [-0.25, -0.2) is 0 Å². The van der Waals surface area contributed by atoms with Gasteiger partial charge in [-0.15, -0.1) is 0 Å². The fraction of sp³-hybridized carbons (Fsp3) is 0.767. The molecule has 0 spiro atoms. The van der Waals surface area contributed by atoms with Gasteiger partial charge in [0.15, 0.2) is 5.78 Å². The van der Waals surface area contributed by atoms with Gasteiger partial charge in [-0.3, -0.25) is 4.79 Å². The van der Waals surface area contributed by atoms with Crippen LogP contribution in [0.4, 0.5) is 0 Å². The molecule has 1 nitrogen and oxygen atoms in total. The number of fused-ring (bicyclic) bond motifs is 4. The Morgan fingerprint density at radius 1 is 1.06 bits per heavy atom. The minimum Gasteiger partial charge on any atom is -0.294 e. The summed E-state index contributed by atoms with van der Waals surface area (Å²) in [4.78, 5) is 12.6. The van der Waals surface area contributed by atoms with Gasteiger partial charge in [-0.1, -0.05) is 92.4 Å². The highest BCUT2D eigenvalue weighted by molar-refractivity contribution is 5.96. The van der Waals surface area contributed by atoms with Crippen LogP contribution in [0.25, 0.3) is 0 Å². The Morgan fingerprint density at radius 2 is 1.77 bits per heavy atom. The van der Waals surface area contributed by atoms with Crippen LogP contribution < -0.4 is 0 Å². The van der Waals surface area contributed by atoms with E-state index in [1.807, 2.05) is 19.9 Å². The molecule has 0 heterocycles. The summed E-state index contributed by atoms with van der Waals surface area (Å²) >= 11 is 0. The van der Waals surface area contributed by atoms with Gasteiger partial charge in [-0.2, -0.15) is 0 Å². The molecule has 0 aliphatic heterocycles. The first kappa shape index (κ1) is 24.5. The summed E-state index contributed by atoms with van der Waals surface area (Å²) in [6.07, 6.45) is 18.5. The lowest BCUT2D eigenvalue weighted by Crippen LogP contribution is -2.49. The van der Waals surface area contributed by atoms with Crippen molar-refractivity contribution in [3.05, 3.63) is 34.9 Å². The molecule has 0 amide bonds. The van der Waals surface area contributed by atoms with Crippen molar-refractivity contribution in [2.75, 3.05) is 0 Å². The van der Waals surface area contributed by atoms with Crippen LogP contribution >= 0.6 is 0 Å². The van der Waals surface area contributed by atoms with Crippen molar-refractivity contribution >= 4 is 5.78 Å². The lowest BCUT2D eigenvalue weighted by Gasteiger charge is -2.55. The molecule has 4 aliphatic rings. The third-order valence-electron chi connectivity index (χ3n) is 9.43. The molecule has 31 heavy (non-hydrogen) atoms. The number of rotatable bonds is 5. The number of allylic oxidation sites excluding steroid dienone is 6. The zero-order valence-corrected chi connectivity index (χ0v) is 21.7. The quantitative estimate of drug-likeness (QED) is 0.403. The second-order valence-electron chi connectivity index (χ2n) is 11.9. The predicted octanol–water partition coefficient (Wildman–Crippen LogP) is 8.85. The number of hydrogen-bond donors (Lipinski definition) is 0. The molecule has 4 rings (SSSR count). The van der Waals surface area contributed by atoms with E-state index < -0.39 is 0 Å². The van der Waals surface area contributed by atoms with E-state index in [4.69, 9.17) is 0 Å². The van der Waals surface area contributed by atoms with Crippen molar-refractivity contribution in [2.24, 2.45) is 34.0 Å². The van der Waals surface area contributed by atoms with Crippen molar-refractivity contribution in [1.82, 2.24) is 0 Å². The van der Waals surface area contributed by atoms with Crippen LogP contribution in [0.2, 0.25) is 0 Å². The molecule has 4 aliphatic carbocycles. The molecule has 0 aromatic heterocycles. The van der Waals surface area contributed by atoms with Gasteiger partial charge in [-0.05, 0) is 78.9 Å². The predicted molar refractivity (Wildman–Crippen MR) is 134 cm³/mol. The third kappa shape index (κ3) is 4.04. The molecule has 0 saturated carbocycles. The molecule has 0 saturated heterocycles. The van der Waals surface area contributed by atoms with Crippen LogP contribution in [0.15, 0.2) is 34.9 Å². The van der Waals surface area contributed by atoms with Gasteiger partial charge in [0, 0.05) is 10.8 Å². The number of unbranched alkanes of at least 4 members (excludes halogenated alkanes) is 1. The first-order valence-corrected chi connectivity index (χ1v) is 13.3. The van der Waals surface area contributed by atoms with Crippen molar-refractivity contribution < 1.29 is 4.79 Å². The minimum absolute atomic E-state index is 0.0719. The second kappa shape index (κ2) is 9.03. The molecule has 0 aromatic rings. The van der Waals surface area contributed by atoms with E-state index >= 15 is 0 Å². The van der Waals surface area contributed by atoms with Gasteiger partial charge >= 0.3 is 0 Å². The highest BCUT2D eigenvalue weighted by Crippen LogP contribution is 2.64. The van der Waals surface area contributed by atoms with E-state index in [0.29, 0.717) is 17.1 Å². The maximum atomic E-state index is 12.6. The fourth-order valence-electron chi connectivity index (χ4n) is 7.50. The maximum absolute atomic E-state index is 12.6. The summed E-state index contributed by atoms with van der Waals surface area (Å²) in [6, 6.07) is 0. The Kier molecular flexibility index (Phi) is 7.14. The Hall–Kier alpha value is -1.11.